The molecule has 1 aliphatic heterocycles. The van der Waals surface area contributed by atoms with Crippen LogP contribution in [0.25, 0.3) is 22.6 Å². The number of aromatic nitrogens is 5. The van der Waals surface area contributed by atoms with E-state index in [1.165, 1.54) is 6.20 Å². The fraction of sp³-hybridized carbons (Fsp3) is 0.393. The van der Waals surface area contributed by atoms with Gasteiger partial charge >= 0.3 is 6.09 Å². The highest BCUT2D eigenvalue weighted by Crippen LogP contribution is 2.27. The molecular formula is C28H33ClN8O4. The molecule has 1 fully saturated rings. The number of anilines is 2. The summed E-state index contributed by atoms with van der Waals surface area (Å²) in [6.07, 6.45) is 2.22. The van der Waals surface area contributed by atoms with E-state index in [2.05, 4.69) is 32.2 Å². The molecule has 13 heteroatoms. The fourth-order valence-corrected chi connectivity index (χ4v) is 4.87. The van der Waals surface area contributed by atoms with Crippen molar-refractivity contribution < 1.29 is 14.6 Å². The lowest BCUT2D eigenvalue weighted by molar-refractivity contribution is 0.0988. The summed E-state index contributed by atoms with van der Waals surface area (Å²) < 4.78 is 5.33. The third-order valence-electron chi connectivity index (χ3n) is 6.97. The molecule has 0 unspecified atom stereocenters. The van der Waals surface area contributed by atoms with Crippen molar-refractivity contribution >= 4 is 40.5 Å². The molecule has 216 valence electrons. The molecule has 12 nitrogen and oxygen atoms in total. The van der Waals surface area contributed by atoms with Gasteiger partial charge in [-0.05, 0) is 37.1 Å². The van der Waals surface area contributed by atoms with Crippen molar-refractivity contribution in [3.05, 3.63) is 63.2 Å². The number of nitrogens with zero attached hydrogens (tertiary/aromatic N) is 5. The number of aromatic amines is 2. The van der Waals surface area contributed by atoms with E-state index in [-0.39, 0.29) is 18.2 Å². The highest BCUT2D eigenvalue weighted by atomic mass is 35.5. The van der Waals surface area contributed by atoms with Crippen LogP contribution in [0.15, 0.2) is 41.3 Å². The summed E-state index contributed by atoms with van der Waals surface area (Å²) in [4.78, 5) is 48.8. The Labute approximate surface area is 241 Å². The van der Waals surface area contributed by atoms with E-state index in [1.54, 1.807) is 35.2 Å². The smallest absolute Gasteiger partial charge is 0.409 e. The summed E-state index contributed by atoms with van der Waals surface area (Å²) in [5, 5.41) is 14.3. The normalized spacial score (nSPS) is 14.3. The number of aliphatic hydroxyl groups excluding tert-OH is 1. The number of imidazole rings is 1. The van der Waals surface area contributed by atoms with Gasteiger partial charge < -0.3 is 34.9 Å². The first-order valence-electron chi connectivity index (χ1n) is 13.6. The molecule has 1 atom stereocenters. The monoisotopic (exact) mass is 580 g/mol. The number of halogens is 1. The van der Waals surface area contributed by atoms with Crippen LogP contribution < -0.4 is 15.8 Å². The number of fused-ring (bicyclic) bond motifs is 1. The molecule has 1 saturated heterocycles. The molecule has 41 heavy (non-hydrogen) atoms. The van der Waals surface area contributed by atoms with Gasteiger partial charge in [0.05, 0.1) is 24.1 Å². The first kappa shape index (κ1) is 28.4. The van der Waals surface area contributed by atoms with Crippen LogP contribution in [0.2, 0.25) is 5.02 Å². The second kappa shape index (κ2) is 12.6. The number of rotatable bonds is 9. The van der Waals surface area contributed by atoms with Crippen LogP contribution in [-0.2, 0) is 4.74 Å². The van der Waals surface area contributed by atoms with Gasteiger partial charge in [-0.3, -0.25) is 4.79 Å². The Kier molecular flexibility index (Phi) is 8.70. The van der Waals surface area contributed by atoms with Gasteiger partial charge in [-0.1, -0.05) is 37.1 Å². The second-order valence-electron chi connectivity index (χ2n) is 9.88. The molecule has 1 amide bonds. The van der Waals surface area contributed by atoms with Crippen molar-refractivity contribution in [1.82, 2.24) is 29.8 Å². The first-order chi connectivity index (χ1) is 19.8. The van der Waals surface area contributed by atoms with E-state index in [0.29, 0.717) is 83.3 Å². The molecule has 0 saturated carbocycles. The van der Waals surface area contributed by atoms with E-state index in [9.17, 15) is 14.7 Å². The summed E-state index contributed by atoms with van der Waals surface area (Å²) in [5.74, 6) is 0.852. The van der Waals surface area contributed by atoms with Crippen LogP contribution in [0, 0.1) is 6.92 Å². The van der Waals surface area contributed by atoms with Crippen LogP contribution in [0.3, 0.4) is 0 Å². The minimum absolute atomic E-state index is 0.151. The average molecular weight is 581 g/mol. The summed E-state index contributed by atoms with van der Waals surface area (Å²) in [6.45, 7) is 6.63. The number of pyridine rings is 1. The summed E-state index contributed by atoms with van der Waals surface area (Å²) in [5.41, 5.74) is 2.81. The molecule has 4 aromatic rings. The Morgan fingerprint density at radius 2 is 2.00 bits per heavy atom. The van der Waals surface area contributed by atoms with Gasteiger partial charge in [0.15, 0.2) is 5.65 Å². The van der Waals surface area contributed by atoms with Gasteiger partial charge in [0, 0.05) is 43.9 Å². The molecule has 0 bridgehead atoms. The van der Waals surface area contributed by atoms with Crippen LogP contribution >= 0.6 is 11.6 Å². The zero-order chi connectivity index (χ0) is 28.9. The van der Waals surface area contributed by atoms with Crippen molar-refractivity contribution in [2.45, 2.75) is 32.8 Å². The number of unbranched alkanes of at least 4 members (excludes halogenated alkanes) is 1. The Bertz CT molecular complexity index is 1580. The van der Waals surface area contributed by atoms with E-state index in [1.807, 2.05) is 11.8 Å². The quantitative estimate of drug-likeness (QED) is 0.216. The number of amides is 1. The van der Waals surface area contributed by atoms with Gasteiger partial charge in [0.2, 0.25) is 5.95 Å². The predicted octanol–water partition coefficient (Wildman–Crippen LogP) is 3.87. The highest BCUT2D eigenvalue weighted by Gasteiger charge is 2.25. The molecular weight excluding hydrogens is 548 g/mol. The lowest BCUT2D eigenvalue weighted by Gasteiger charge is -2.34. The van der Waals surface area contributed by atoms with Gasteiger partial charge in [0.25, 0.3) is 5.56 Å². The maximum atomic E-state index is 12.9. The molecule has 0 aliphatic carbocycles. The Morgan fingerprint density at radius 3 is 2.76 bits per heavy atom. The third kappa shape index (κ3) is 6.44. The molecule has 0 radical (unpaired) electrons. The number of benzene rings is 1. The minimum Gasteiger partial charge on any atom is -0.449 e. The lowest BCUT2D eigenvalue weighted by atomic mass is 10.1. The molecule has 3 aromatic heterocycles. The number of aryl methyl sites for hydroxylation is 1. The molecule has 0 spiro atoms. The zero-order valence-corrected chi connectivity index (χ0v) is 23.7. The number of carbonyl (C=O) groups excluding carboxylic acids is 1. The van der Waals surface area contributed by atoms with Crippen molar-refractivity contribution in [3.63, 3.8) is 0 Å². The van der Waals surface area contributed by atoms with Gasteiger partial charge in [-0.25, -0.2) is 14.8 Å². The largest absolute Gasteiger partial charge is 0.449 e. The Morgan fingerprint density at radius 1 is 1.20 bits per heavy atom. The Balaban J connectivity index is 1.33. The maximum Gasteiger partial charge on any atom is 0.409 e. The van der Waals surface area contributed by atoms with Gasteiger partial charge in [0.1, 0.15) is 16.9 Å². The van der Waals surface area contributed by atoms with Crippen LogP contribution in [0.5, 0.6) is 0 Å². The molecule has 4 heterocycles. The number of nitrogens with one attached hydrogen (secondary N) is 3. The van der Waals surface area contributed by atoms with E-state index in [0.717, 1.165) is 12.8 Å². The highest BCUT2D eigenvalue weighted by molar-refractivity contribution is 6.30. The Hall–Kier alpha value is -4.16. The summed E-state index contributed by atoms with van der Waals surface area (Å²) in [7, 11) is 0. The number of carbonyl (C=O) groups is 1. The SMILES string of the molecule is CCCCOC(=O)N1CCN(c2nc(C)c3nc(-c4c(NC[C@@H](O)c5cccc(Cl)c5)cc[nH]c4=O)[nH]c3n2)CC1. The second-order valence-corrected chi connectivity index (χ2v) is 10.3. The standard InChI is InChI=1S/C28H33ClN8O4/c1-3-4-14-41-28(40)37-12-10-36(11-13-37)27-32-17(2)23-25(35-27)34-24(33-23)22-20(8-9-30-26(22)39)31-16-21(38)18-6-5-7-19(29)15-18/h5-9,15,21,38H,3-4,10-14,16H2,1-2H3,(H2,30,31,39)(H,32,33,34,35)/t21-/m1/s1. The summed E-state index contributed by atoms with van der Waals surface area (Å²) >= 11 is 6.06. The average Bonchev–Trinajstić information content (AvgIpc) is 3.40. The number of aliphatic hydroxyl groups is 1. The van der Waals surface area contributed by atoms with E-state index in [4.69, 9.17) is 21.3 Å². The minimum atomic E-state index is -0.842. The number of hydrogen-bond donors (Lipinski definition) is 4. The number of hydrogen-bond acceptors (Lipinski definition) is 9. The fourth-order valence-electron chi connectivity index (χ4n) is 4.67. The van der Waals surface area contributed by atoms with E-state index >= 15 is 0 Å². The van der Waals surface area contributed by atoms with Crippen molar-refractivity contribution in [2.24, 2.45) is 0 Å². The third-order valence-corrected chi connectivity index (χ3v) is 7.20. The topological polar surface area (TPSA) is 152 Å². The molecule has 1 aliphatic rings. The predicted molar refractivity (Wildman–Crippen MR) is 157 cm³/mol. The first-order valence-corrected chi connectivity index (χ1v) is 14.0. The van der Waals surface area contributed by atoms with Crippen molar-refractivity contribution in [2.75, 3.05) is 49.5 Å². The van der Waals surface area contributed by atoms with Crippen LogP contribution in [0.1, 0.15) is 37.1 Å². The number of piperazine rings is 1. The molecule has 5 rings (SSSR count). The maximum absolute atomic E-state index is 12.9. The van der Waals surface area contributed by atoms with Gasteiger partial charge in [-0.2, -0.15) is 4.98 Å². The van der Waals surface area contributed by atoms with Gasteiger partial charge in [-0.15, -0.1) is 0 Å². The lowest BCUT2D eigenvalue weighted by Crippen LogP contribution is -2.49. The molecule has 1 aromatic carbocycles. The number of ether oxygens (including phenoxy) is 1. The summed E-state index contributed by atoms with van der Waals surface area (Å²) in [6, 6.07) is 8.71. The zero-order valence-electron chi connectivity index (χ0n) is 23.0. The number of H-pyrrole nitrogens is 2. The van der Waals surface area contributed by atoms with Crippen LogP contribution in [0.4, 0.5) is 16.4 Å². The van der Waals surface area contributed by atoms with Crippen molar-refractivity contribution in [1.29, 1.82) is 0 Å². The van der Waals surface area contributed by atoms with Crippen molar-refractivity contribution in [3.8, 4) is 11.4 Å². The molecule has 4 N–H and O–H groups in total. The van der Waals surface area contributed by atoms with E-state index < -0.39 is 6.10 Å². The van der Waals surface area contributed by atoms with Crippen LogP contribution in [-0.4, -0.2) is 80.4 Å².